The van der Waals surface area contributed by atoms with Crippen LogP contribution in [0.1, 0.15) is 39.7 Å². The molecule has 5 aromatic rings. The van der Waals surface area contributed by atoms with E-state index < -0.39 is 50.5 Å². The standard InChI is InChI=1S/C34H35F3N6O5S/c1-34(2,3)48-33(44)42-15-11-22(12-16-42)43-18-26(23-9-13-38-32-24(23)10-14-39-32)31(41-43)25-5-4-6-28(30(25)37)40-19-47-20-49(45,46)29-17-21(35)7-8-27(29)36/h4-10,13-14,17-18,22,40H,11-12,15-16,19-20H2,1-3H3,(H,38,39). The van der Waals surface area contributed by atoms with Crippen molar-refractivity contribution in [2.75, 3.05) is 31.1 Å². The first-order valence-corrected chi connectivity index (χ1v) is 17.2. The number of rotatable bonds is 9. The average molecular weight is 697 g/mol. The molecule has 1 amide bonds. The van der Waals surface area contributed by atoms with Gasteiger partial charge in [0.1, 0.15) is 40.2 Å². The van der Waals surface area contributed by atoms with Crippen LogP contribution in [0.2, 0.25) is 0 Å². The van der Waals surface area contributed by atoms with E-state index in [2.05, 4.69) is 15.3 Å². The Hall–Kier alpha value is -4.89. The van der Waals surface area contributed by atoms with Crippen molar-refractivity contribution in [2.45, 2.75) is 50.2 Å². The first-order valence-electron chi connectivity index (χ1n) is 15.6. The zero-order valence-corrected chi connectivity index (χ0v) is 27.9. The highest BCUT2D eigenvalue weighted by atomic mass is 32.2. The van der Waals surface area contributed by atoms with Crippen molar-refractivity contribution in [2.24, 2.45) is 0 Å². The van der Waals surface area contributed by atoms with Gasteiger partial charge in [-0.3, -0.25) is 4.68 Å². The monoisotopic (exact) mass is 696 g/mol. The molecular weight excluding hydrogens is 661 g/mol. The number of carbonyl (C=O) groups excluding carboxylic acids is 1. The molecule has 1 aliphatic rings. The van der Waals surface area contributed by atoms with Crippen LogP contribution in [0.25, 0.3) is 33.4 Å². The van der Waals surface area contributed by atoms with Crippen molar-refractivity contribution in [3.8, 4) is 22.4 Å². The second-order valence-electron chi connectivity index (χ2n) is 12.7. The largest absolute Gasteiger partial charge is 0.444 e. The number of sulfone groups is 1. The normalized spacial score (nSPS) is 14.4. The van der Waals surface area contributed by atoms with Crippen LogP contribution < -0.4 is 5.32 Å². The van der Waals surface area contributed by atoms with Gasteiger partial charge in [0.15, 0.2) is 11.8 Å². The number of H-pyrrole nitrogens is 1. The minimum atomic E-state index is -4.32. The van der Waals surface area contributed by atoms with Crippen LogP contribution in [0.5, 0.6) is 0 Å². The number of anilines is 1. The van der Waals surface area contributed by atoms with Gasteiger partial charge in [-0.2, -0.15) is 5.10 Å². The number of carbonyl (C=O) groups is 1. The number of aromatic nitrogens is 4. The highest BCUT2D eigenvalue weighted by molar-refractivity contribution is 7.91. The molecule has 1 fully saturated rings. The van der Waals surface area contributed by atoms with Gasteiger partial charge >= 0.3 is 6.09 Å². The Balaban J connectivity index is 1.25. The van der Waals surface area contributed by atoms with Crippen molar-refractivity contribution in [1.82, 2.24) is 24.6 Å². The number of fused-ring (bicyclic) bond motifs is 1. The zero-order chi connectivity index (χ0) is 34.9. The van der Waals surface area contributed by atoms with Gasteiger partial charge < -0.3 is 24.7 Å². The van der Waals surface area contributed by atoms with Gasteiger partial charge in [-0.05, 0) is 81.6 Å². The fourth-order valence-corrected chi connectivity index (χ4v) is 6.81. The fraction of sp³-hybridized carbons (Fsp3) is 0.324. The quantitative estimate of drug-likeness (QED) is 0.126. The van der Waals surface area contributed by atoms with Crippen LogP contribution in [-0.4, -0.2) is 70.5 Å². The van der Waals surface area contributed by atoms with Gasteiger partial charge in [-0.15, -0.1) is 0 Å². The number of ether oxygens (including phenoxy) is 2. The van der Waals surface area contributed by atoms with Crippen molar-refractivity contribution in [3.05, 3.63) is 84.6 Å². The molecule has 15 heteroatoms. The molecule has 0 spiro atoms. The molecule has 258 valence electrons. The van der Waals surface area contributed by atoms with Gasteiger partial charge in [0, 0.05) is 48.2 Å². The van der Waals surface area contributed by atoms with E-state index in [1.165, 1.54) is 6.07 Å². The van der Waals surface area contributed by atoms with Crippen molar-refractivity contribution in [3.63, 3.8) is 0 Å². The molecular formula is C34H35F3N6O5S. The Labute approximate surface area is 281 Å². The zero-order valence-electron chi connectivity index (χ0n) is 27.0. The van der Waals surface area contributed by atoms with E-state index in [-0.39, 0.29) is 23.4 Å². The van der Waals surface area contributed by atoms with E-state index in [1.54, 1.807) is 29.4 Å². The number of pyridine rings is 1. The summed E-state index contributed by atoms with van der Waals surface area (Å²) >= 11 is 0. The number of nitrogens with zero attached hydrogens (tertiary/aromatic N) is 4. The number of benzene rings is 2. The highest BCUT2D eigenvalue weighted by Crippen LogP contribution is 2.39. The third-order valence-corrected chi connectivity index (χ3v) is 9.52. The smallest absolute Gasteiger partial charge is 0.410 e. The van der Waals surface area contributed by atoms with Crippen LogP contribution >= 0.6 is 0 Å². The average Bonchev–Trinajstić information content (AvgIpc) is 3.72. The van der Waals surface area contributed by atoms with E-state index in [1.807, 2.05) is 43.8 Å². The molecule has 4 heterocycles. The number of likely N-dealkylation sites (tertiary alicyclic amines) is 1. The lowest BCUT2D eigenvalue weighted by Crippen LogP contribution is -2.42. The molecule has 11 nitrogen and oxygen atoms in total. The molecule has 0 radical (unpaired) electrons. The van der Waals surface area contributed by atoms with Crippen LogP contribution in [-0.2, 0) is 19.3 Å². The topological polar surface area (TPSA) is 131 Å². The van der Waals surface area contributed by atoms with E-state index in [9.17, 15) is 22.0 Å². The summed E-state index contributed by atoms with van der Waals surface area (Å²) in [4.78, 5) is 21.0. The number of amides is 1. The summed E-state index contributed by atoms with van der Waals surface area (Å²) in [7, 11) is -4.32. The van der Waals surface area contributed by atoms with Crippen molar-refractivity contribution in [1.29, 1.82) is 0 Å². The maximum atomic E-state index is 16.2. The summed E-state index contributed by atoms with van der Waals surface area (Å²) in [6.45, 7) is 5.97. The Bertz CT molecular complexity index is 2100. The predicted octanol–water partition coefficient (Wildman–Crippen LogP) is 6.90. The van der Waals surface area contributed by atoms with E-state index in [0.29, 0.717) is 48.9 Å². The van der Waals surface area contributed by atoms with Crippen LogP contribution in [0, 0.1) is 17.5 Å². The van der Waals surface area contributed by atoms with Crippen LogP contribution in [0.3, 0.4) is 0 Å². The molecule has 49 heavy (non-hydrogen) atoms. The molecule has 2 aromatic carbocycles. The fourth-order valence-electron chi connectivity index (χ4n) is 5.72. The van der Waals surface area contributed by atoms with E-state index >= 15 is 4.39 Å². The molecule has 1 saturated heterocycles. The summed E-state index contributed by atoms with van der Waals surface area (Å²) < 4.78 is 81.4. The number of halogens is 3. The molecule has 6 rings (SSSR count). The van der Waals surface area contributed by atoms with E-state index in [0.717, 1.165) is 23.1 Å². The van der Waals surface area contributed by atoms with Crippen LogP contribution in [0.15, 0.2) is 72.0 Å². The maximum Gasteiger partial charge on any atom is 0.410 e. The van der Waals surface area contributed by atoms with Gasteiger partial charge in [-0.25, -0.2) is 31.4 Å². The van der Waals surface area contributed by atoms with Crippen molar-refractivity contribution < 1.29 is 35.9 Å². The molecule has 0 saturated carbocycles. The van der Waals surface area contributed by atoms with E-state index in [4.69, 9.17) is 14.6 Å². The predicted molar refractivity (Wildman–Crippen MR) is 177 cm³/mol. The first-order chi connectivity index (χ1) is 23.3. The minimum Gasteiger partial charge on any atom is -0.444 e. The molecule has 0 atom stereocenters. The molecule has 1 aliphatic heterocycles. The second kappa shape index (κ2) is 13.6. The Morgan fingerprint density at radius 1 is 1.04 bits per heavy atom. The van der Waals surface area contributed by atoms with Gasteiger partial charge in [0.2, 0.25) is 9.84 Å². The number of hydrogen-bond acceptors (Lipinski definition) is 8. The molecule has 2 N–H and O–H groups in total. The molecule has 0 aliphatic carbocycles. The third-order valence-electron chi connectivity index (χ3n) is 8.06. The summed E-state index contributed by atoms with van der Waals surface area (Å²) in [5.41, 5.74) is 2.07. The second-order valence-corrected chi connectivity index (χ2v) is 14.6. The lowest BCUT2D eigenvalue weighted by atomic mass is 9.99. The van der Waals surface area contributed by atoms with Crippen molar-refractivity contribution >= 4 is 32.7 Å². The molecule has 3 aromatic heterocycles. The van der Waals surface area contributed by atoms with Gasteiger partial charge in [0.25, 0.3) is 0 Å². The Morgan fingerprint density at radius 3 is 2.57 bits per heavy atom. The molecule has 0 unspecified atom stereocenters. The van der Waals surface area contributed by atoms with Crippen LogP contribution in [0.4, 0.5) is 23.7 Å². The summed E-state index contributed by atoms with van der Waals surface area (Å²) in [5.74, 6) is -3.63. The lowest BCUT2D eigenvalue weighted by molar-refractivity contribution is 0.0184. The summed E-state index contributed by atoms with van der Waals surface area (Å²) in [5, 5.41) is 8.44. The summed E-state index contributed by atoms with van der Waals surface area (Å²) in [6, 6.07) is 10.4. The Kier molecular flexibility index (Phi) is 9.40. The number of hydrogen-bond donors (Lipinski definition) is 2. The SMILES string of the molecule is CC(C)(C)OC(=O)N1CCC(n2cc(-c3ccnc4[nH]ccc34)c(-c3cccc(NCOCS(=O)(=O)c4cc(F)ccc4F)c3F)n2)CC1. The molecule has 0 bridgehead atoms. The van der Waals surface area contributed by atoms with Gasteiger partial charge in [0.05, 0.1) is 11.7 Å². The number of aromatic amines is 1. The van der Waals surface area contributed by atoms with Gasteiger partial charge in [-0.1, -0.05) is 6.07 Å². The number of piperidine rings is 1. The minimum absolute atomic E-state index is 0.0134. The maximum absolute atomic E-state index is 16.2. The first kappa shape index (κ1) is 34.0. The summed E-state index contributed by atoms with van der Waals surface area (Å²) in [6.07, 6.45) is 6.16. The Morgan fingerprint density at radius 2 is 1.82 bits per heavy atom. The number of nitrogens with one attached hydrogen (secondary N) is 2. The highest BCUT2D eigenvalue weighted by Gasteiger charge is 2.30. The lowest BCUT2D eigenvalue weighted by Gasteiger charge is -2.33. The third kappa shape index (κ3) is 7.42.